The molecule has 2 aliphatic heterocycles. The van der Waals surface area contributed by atoms with Gasteiger partial charge in [-0.1, -0.05) is 25.8 Å². The third kappa shape index (κ3) is 4.09. The smallest absolute Gasteiger partial charge is 0.326 e. The van der Waals surface area contributed by atoms with Gasteiger partial charge in [-0.25, -0.2) is 4.79 Å². The average molecular weight is 445 g/mol. The first-order chi connectivity index (χ1) is 15.3. The Morgan fingerprint density at radius 2 is 2.06 bits per heavy atom. The first-order valence-corrected chi connectivity index (χ1v) is 10.8. The lowest BCUT2D eigenvalue weighted by atomic mass is 9.73. The number of hydrogen-bond donors (Lipinski definition) is 2. The largest absolute Gasteiger partial charge is 0.454 e. The van der Waals surface area contributed by atoms with Crippen LogP contribution < -0.4 is 20.1 Å². The fourth-order valence-electron chi connectivity index (χ4n) is 4.51. The van der Waals surface area contributed by atoms with E-state index in [2.05, 4.69) is 10.6 Å². The van der Waals surface area contributed by atoms with Gasteiger partial charge in [0.1, 0.15) is 12.1 Å². The second-order valence-electron chi connectivity index (χ2n) is 8.50. The van der Waals surface area contributed by atoms with Crippen LogP contribution >= 0.6 is 0 Å². The molecule has 1 saturated carbocycles. The number of amides is 4. The van der Waals surface area contributed by atoms with Gasteiger partial charge in [-0.05, 0) is 43.4 Å². The summed E-state index contributed by atoms with van der Waals surface area (Å²) in [6, 6.07) is 4.40. The molecule has 0 radical (unpaired) electrons. The average Bonchev–Trinajstić information content (AvgIpc) is 3.33. The molecule has 172 valence electrons. The molecule has 1 spiro atoms. The minimum absolute atomic E-state index is 0.00262. The predicted octanol–water partition coefficient (Wildman–Crippen LogP) is 1.64. The molecular weight excluding hydrogens is 418 g/mol. The van der Waals surface area contributed by atoms with E-state index in [0.717, 1.165) is 29.7 Å². The third-order valence-electron chi connectivity index (χ3n) is 6.43. The second-order valence-corrected chi connectivity index (χ2v) is 8.50. The summed E-state index contributed by atoms with van der Waals surface area (Å²) < 4.78 is 15.6. The van der Waals surface area contributed by atoms with Crippen LogP contribution in [0.5, 0.6) is 11.5 Å². The van der Waals surface area contributed by atoms with E-state index in [-0.39, 0.29) is 18.8 Å². The highest BCUT2D eigenvalue weighted by Crippen LogP contribution is 2.38. The number of rotatable bonds is 6. The number of fused-ring (bicyclic) bond motifs is 1. The van der Waals surface area contributed by atoms with Gasteiger partial charge in [0.15, 0.2) is 18.1 Å². The van der Waals surface area contributed by atoms with Gasteiger partial charge in [0.25, 0.3) is 11.8 Å². The Morgan fingerprint density at radius 3 is 2.84 bits per heavy atom. The van der Waals surface area contributed by atoms with Crippen molar-refractivity contribution in [2.45, 2.75) is 51.1 Å². The molecule has 3 atom stereocenters. The van der Waals surface area contributed by atoms with Crippen LogP contribution in [0.25, 0.3) is 0 Å². The van der Waals surface area contributed by atoms with Crippen LogP contribution in [0, 0.1) is 5.92 Å². The van der Waals surface area contributed by atoms with Gasteiger partial charge < -0.3 is 24.8 Å². The maximum absolute atomic E-state index is 12.9. The van der Waals surface area contributed by atoms with Gasteiger partial charge in [0, 0.05) is 0 Å². The molecule has 3 unspecified atom stereocenters. The normalized spacial score (nSPS) is 24.9. The molecule has 1 saturated heterocycles. The monoisotopic (exact) mass is 445 g/mol. The Labute approximate surface area is 185 Å². The Balaban J connectivity index is 1.27. The number of hydrogen-bond acceptors (Lipinski definition) is 7. The first-order valence-electron chi connectivity index (χ1n) is 10.8. The zero-order valence-electron chi connectivity index (χ0n) is 18.1. The van der Waals surface area contributed by atoms with E-state index >= 15 is 0 Å². The van der Waals surface area contributed by atoms with Gasteiger partial charge in [-0.2, -0.15) is 0 Å². The predicted molar refractivity (Wildman–Crippen MR) is 111 cm³/mol. The molecule has 1 aliphatic carbocycles. The van der Waals surface area contributed by atoms with Crippen molar-refractivity contribution in [1.82, 2.24) is 15.5 Å². The lowest BCUT2D eigenvalue weighted by molar-refractivity contribution is -0.151. The van der Waals surface area contributed by atoms with Crippen molar-refractivity contribution in [1.29, 1.82) is 0 Å². The van der Waals surface area contributed by atoms with Gasteiger partial charge >= 0.3 is 12.0 Å². The summed E-state index contributed by atoms with van der Waals surface area (Å²) in [5.41, 5.74) is -0.132. The number of benzene rings is 1. The van der Waals surface area contributed by atoms with Crippen LogP contribution in [0.4, 0.5) is 4.79 Å². The molecule has 1 aromatic carbocycles. The van der Waals surface area contributed by atoms with Crippen LogP contribution in [0.2, 0.25) is 0 Å². The summed E-state index contributed by atoms with van der Waals surface area (Å²) in [4.78, 5) is 50.6. The molecular formula is C22H27N3O7. The molecule has 2 heterocycles. The molecule has 0 aromatic heterocycles. The summed E-state index contributed by atoms with van der Waals surface area (Å²) >= 11 is 0. The van der Waals surface area contributed by atoms with E-state index in [1.54, 1.807) is 19.1 Å². The Hall–Kier alpha value is -3.30. The summed E-state index contributed by atoms with van der Waals surface area (Å²) in [6.45, 7) is 2.84. The number of imide groups is 1. The van der Waals surface area contributed by atoms with E-state index in [0.29, 0.717) is 17.9 Å². The maximum Gasteiger partial charge on any atom is 0.326 e. The summed E-state index contributed by atoms with van der Waals surface area (Å²) in [6.07, 6.45) is 3.25. The standard InChI is InChI=1S/C22H27N3O7/c1-13-5-3-4-8-22(13)20(28)25(21(29)24-22)10-19(27)30-11-18(26)23-14(2)15-6-7-16-17(9-15)32-12-31-16/h6-7,9,13-14H,3-5,8,10-12H2,1-2H3,(H,23,26)(H,24,29). The van der Waals surface area contributed by atoms with E-state index < -0.39 is 42.5 Å². The Morgan fingerprint density at radius 1 is 1.28 bits per heavy atom. The molecule has 2 N–H and O–H groups in total. The third-order valence-corrected chi connectivity index (χ3v) is 6.43. The van der Waals surface area contributed by atoms with E-state index in [1.165, 1.54) is 0 Å². The first kappa shape index (κ1) is 21.9. The van der Waals surface area contributed by atoms with Crippen molar-refractivity contribution >= 4 is 23.8 Å². The van der Waals surface area contributed by atoms with Gasteiger partial charge in [-0.3, -0.25) is 19.3 Å². The highest BCUT2D eigenvalue weighted by molar-refractivity contribution is 6.09. The van der Waals surface area contributed by atoms with E-state index in [9.17, 15) is 19.2 Å². The summed E-state index contributed by atoms with van der Waals surface area (Å²) in [5, 5.41) is 5.52. The van der Waals surface area contributed by atoms with Crippen LogP contribution in [-0.2, 0) is 19.1 Å². The molecule has 3 aliphatic rings. The number of nitrogens with one attached hydrogen (secondary N) is 2. The van der Waals surface area contributed by atoms with Gasteiger partial charge in [-0.15, -0.1) is 0 Å². The van der Waals surface area contributed by atoms with Gasteiger partial charge in [0.05, 0.1) is 6.04 Å². The molecule has 4 amide bonds. The maximum atomic E-state index is 12.9. The zero-order valence-corrected chi connectivity index (χ0v) is 18.1. The quantitative estimate of drug-likeness (QED) is 0.504. The van der Waals surface area contributed by atoms with E-state index in [4.69, 9.17) is 14.2 Å². The fraction of sp³-hybridized carbons (Fsp3) is 0.545. The molecule has 32 heavy (non-hydrogen) atoms. The van der Waals surface area contributed by atoms with Crippen molar-refractivity contribution in [3.05, 3.63) is 23.8 Å². The van der Waals surface area contributed by atoms with Crippen LogP contribution in [-0.4, -0.2) is 54.2 Å². The summed E-state index contributed by atoms with van der Waals surface area (Å²) in [7, 11) is 0. The number of ether oxygens (including phenoxy) is 3. The Bertz CT molecular complexity index is 949. The fourth-order valence-corrected chi connectivity index (χ4v) is 4.51. The minimum atomic E-state index is -0.937. The SMILES string of the molecule is CC(NC(=O)COC(=O)CN1C(=O)NC2(CCCCC2C)C1=O)c1ccc2c(c1)OCO2. The molecule has 0 bridgehead atoms. The molecule has 4 rings (SSSR count). The minimum Gasteiger partial charge on any atom is -0.454 e. The number of esters is 1. The van der Waals surface area contributed by atoms with Gasteiger partial charge in [0.2, 0.25) is 6.79 Å². The number of carbonyl (C=O) groups is 4. The van der Waals surface area contributed by atoms with Crippen LogP contribution in [0.3, 0.4) is 0 Å². The second kappa shape index (κ2) is 8.68. The molecule has 10 nitrogen and oxygen atoms in total. The van der Waals surface area contributed by atoms with Crippen molar-refractivity contribution in [3.63, 3.8) is 0 Å². The number of nitrogens with zero attached hydrogens (tertiary/aromatic N) is 1. The highest BCUT2D eigenvalue weighted by Gasteiger charge is 2.55. The lowest BCUT2D eigenvalue weighted by Crippen LogP contribution is -2.54. The molecule has 2 fully saturated rings. The van der Waals surface area contributed by atoms with Crippen molar-refractivity contribution in [2.75, 3.05) is 19.9 Å². The zero-order chi connectivity index (χ0) is 22.9. The van der Waals surface area contributed by atoms with Crippen LogP contribution in [0.15, 0.2) is 18.2 Å². The number of urea groups is 1. The lowest BCUT2D eigenvalue weighted by Gasteiger charge is -2.36. The van der Waals surface area contributed by atoms with Crippen LogP contribution in [0.1, 0.15) is 51.1 Å². The molecule has 1 aromatic rings. The van der Waals surface area contributed by atoms with Crippen molar-refractivity contribution in [3.8, 4) is 11.5 Å². The number of carbonyl (C=O) groups excluding carboxylic acids is 4. The molecule has 10 heteroatoms. The highest BCUT2D eigenvalue weighted by atomic mass is 16.7. The summed E-state index contributed by atoms with van der Waals surface area (Å²) in [5.74, 6) is -0.470. The van der Waals surface area contributed by atoms with Crippen molar-refractivity contribution < 1.29 is 33.4 Å². The topological polar surface area (TPSA) is 123 Å². The van der Waals surface area contributed by atoms with Crippen molar-refractivity contribution in [2.24, 2.45) is 5.92 Å². The Kier molecular flexibility index (Phi) is 5.94. The van der Waals surface area contributed by atoms with E-state index in [1.807, 2.05) is 13.0 Å².